The lowest BCUT2D eigenvalue weighted by molar-refractivity contribution is -0.139. The molecule has 0 aliphatic carbocycles. The van der Waals surface area contributed by atoms with Crippen LogP contribution in [0.15, 0.2) is 48.5 Å². The minimum absolute atomic E-state index is 0.152. The van der Waals surface area contributed by atoms with Crippen LogP contribution in [0.25, 0.3) is 0 Å². The number of hydrogen-bond donors (Lipinski definition) is 1. The van der Waals surface area contributed by atoms with Crippen molar-refractivity contribution in [2.24, 2.45) is 5.92 Å². The predicted molar refractivity (Wildman–Crippen MR) is 128 cm³/mol. The average molecular weight is 461 g/mol. The summed E-state index contributed by atoms with van der Waals surface area (Å²) in [7, 11) is 1.59. The van der Waals surface area contributed by atoms with E-state index in [-0.39, 0.29) is 23.4 Å². The molecule has 2 aromatic carbocycles. The van der Waals surface area contributed by atoms with Crippen LogP contribution in [-0.2, 0) is 21.9 Å². The van der Waals surface area contributed by atoms with Crippen LogP contribution in [0.2, 0.25) is 0 Å². The van der Waals surface area contributed by atoms with Crippen molar-refractivity contribution in [3.05, 3.63) is 65.5 Å². The fourth-order valence-electron chi connectivity index (χ4n) is 3.26. The van der Waals surface area contributed by atoms with Crippen LogP contribution in [0, 0.1) is 11.7 Å². The second-order valence-corrected chi connectivity index (χ2v) is 9.01. The highest BCUT2D eigenvalue weighted by molar-refractivity contribution is 7.99. The van der Waals surface area contributed by atoms with Gasteiger partial charge in [-0.1, -0.05) is 51.1 Å². The van der Waals surface area contributed by atoms with Crippen molar-refractivity contribution in [1.29, 1.82) is 0 Å². The van der Waals surface area contributed by atoms with Gasteiger partial charge in [0.25, 0.3) is 0 Å². The second kappa shape index (κ2) is 13.1. The van der Waals surface area contributed by atoms with Crippen molar-refractivity contribution in [1.82, 2.24) is 10.2 Å². The average Bonchev–Trinajstić information content (AvgIpc) is 2.78. The van der Waals surface area contributed by atoms with E-state index in [0.29, 0.717) is 42.5 Å². The number of nitrogens with zero attached hydrogens (tertiary/aromatic N) is 1. The van der Waals surface area contributed by atoms with E-state index >= 15 is 0 Å². The van der Waals surface area contributed by atoms with Crippen LogP contribution >= 0.6 is 11.8 Å². The van der Waals surface area contributed by atoms with Crippen molar-refractivity contribution < 1.29 is 18.7 Å². The molecule has 0 unspecified atom stereocenters. The number of benzene rings is 2. The van der Waals surface area contributed by atoms with Gasteiger partial charge in [0.05, 0.1) is 12.9 Å². The molecule has 0 aliphatic rings. The normalized spacial score (nSPS) is 11.8. The summed E-state index contributed by atoms with van der Waals surface area (Å²) in [5.41, 5.74) is 1.44. The van der Waals surface area contributed by atoms with Gasteiger partial charge in [-0.3, -0.25) is 9.59 Å². The fourth-order valence-corrected chi connectivity index (χ4v) is 4.15. The van der Waals surface area contributed by atoms with Crippen LogP contribution in [0.1, 0.15) is 38.3 Å². The molecule has 0 heterocycles. The number of ether oxygens (including phenoxy) is 1. The summed E-state index contributed by atoms with van der Waals surface area (Å²) in [4.78, 5) is 27.7. The molecule has 2 rings (SSSR count). The Labute approximate surface area is 194 Å². The van der Waals surface area contributed by atoms with Gasteiger partial charge in [-0.25, -0.2) is 4.39 Å². The minimum Gasteiger partial charge on any atom is -0.497 e. The van der Waals surface area contributed by atoms with Crippen molar-refractivity contribution in [2.75, 3.05) is 19.4 Å². The van der Waals surface area contributed by atoms with Gasteiger partial charge in [-0.15, -0.1) is 11.8 Å². The molecular formula is C25H33FN2O3S. The Morgan fingerprint density at radius 2 is 1.91 bits per heavy atom. The predicted octanol–water partition coefficient (Wildman–Crippen LogP) is 4.65. The first-order chi connectivity index (χ1) is 15.3. The maximum absolute atomic E-state index is 13.9. The van der Waals surface area contributed by atoms with E-state index in [0.717, 1.165) is 5.56 Å². The summed E-state index contributed by atoms with van der Waals surface area (Å²) in [5, 5.41) is 2.95. The quantitative estimate of drug-likeness (QED) is 0.501. The highest BCUT2D eigenvalue weighted by Gasteiger charge is 2.28. The maximum atomic E-state index is 13.9. The monoisotopic (exact) mass is 460 g/mol. The molecule has 2 aromatic rings. The van der Waals surface area contributed by atoms with Crippen molar-refractivity contribution in [3.8, 4) is 5.75 Å². The molecule has 0 aliphatic heterocycles. The number of carbonyl (C=O) groups excluding carboxylic acids is 2. The molecule has 0 aromatic heterocycles. The first-order valence-corrected chi connectivity index (χ1v) is 12.0. The number of halogens is 1. The molecule has 32 heavy (non-hydrogen) atoms. The van der Waals surface area contributed by atoms with Gasteiger partial charge in [0.2, 0.25) is 11.8 Å². The molecule has 7 heteroatoms. The third-order valence-corrected chi connectivity index (χ3v) is 5.96. The number of amides is 2. The van der Waals surface area contributed by atoms with Gasteiger partial charge in [-0.2, -0.15) is 0 Å². The molecule has 5 nitrogen and oxygen atoms in total. The molecule has 0 saturated carbocycles. The standard InChI is InChI=1S/C25H33FN2O3S/c1-5-23(25(30)27-14-18(2)3)28(15-19-9-8-11-21(13-19)31-4)24(29)17-32-16-20-10-6-7-12-22(20)26/h6-13,18,23H,5,14-17H2,1-4H3,(H,27,30)/t23-/m0/s1. The Kier molecular flexibility index (Phi) is 10.5. The number of rotatable bonds is 12. The highest BCUT2D eigenvalue weighted by atomic mass is 32.2. The Bertz CT molecular complexity index is 891. The lowest BCUT2D eigenvalue weighted by atomic mass is 10.1. The van der Waals surface area contributed by atoms with Gasteiger partial charge >= 0.3 is 0 Å². The van der Waals surface area contributed by atoms with Gasteiger partial charge in [-0.05, 0) is 41.7 Å². The fraction of sp³-hybridized carbons (Fsp3) is 0.440. The Hall–Kier alpha value is -2.54. The Balaban J connectivity index is 2.16. The third kappa shape index (κ3) is 7.86. The van der Waals surface area contributed by atoms with E-state index in [1.807, 2.05) is 45.0 Å². The molecule has 1 N–H and O–H groups in total. The summed E-state index contributed by atoms with van der Waals surface area (Å²) in [5.74, 6) is 0.975. The SMILES string of the molecule is CC[C@@H](C(=O)NCC(C)C)N(Cc1cccc(OC)c1)C(=O)CSCc1ccccc1F. The lowest BCUT2D eigenvalue weighted by Gasteiger charge is -2.31. The zero-order chi connectivity index (χ0) is 23.5. The van der Waals surface area contributed by atoms with Gasteiger partial charge in [0.15, 0.2) is 0 Å². The van der Waals surface area contributed by atoms with Crippen molar-refractivity contribution in [2.45, 2.75) is 45.5 Å². The van der Waals surface area contributed by atoms with Crippen molar-refractivity contribution in [3.63, 3.8) is 0 Å². The van der Waals surface area contributed by atoms with E-state index in [9.17, 15) is 14.0 Å². The molecule has 0 bridgehead atoms. The first-order valence-electron chi connectivity index (χ1n) is 10.9. The lowest BCUT2D eigenvalue weighted by Crippen LogP contribution is -2.50. The number of carbonyl (C=O) groups is 2. The maximum Gasteiger partial charge on any atom is 0.242 e. The summed E-state index contributed by atoms with van der Waals surface area (Å²) in [6.07, 6.45) is 0.498. The number of nitrogens with one attached hydrogen (secondary N) is 1. The molecule has 0 radical (unpaired) electrons. The first kappa shape index (κ1) is 25.7. The van der Waals surface area contributed by atoms with Gasteiger partial charge in [0, 0.05) is 18.8 Å². The van der Waals surface area contributed by atoms with Crippen LogP contribution in [-0.4, -0.2) is 42.2 Å². The summed E-state index contributed by atoms with van der Waals surface area (Å²) in [6.45, 7) is 6.81. The molecule has 174 valence electrons. The van der Waals surface area contributed by atoms with Crippen LogP contribution in [0.5, 0.6) is 5.75 Å². The minimum atomic E-state index is -0.582. The molecular weight excluding hydrogens is 427 g/mol. The second-order valence-electron chi connectivity index (χ2n) is 8.02. The topological polar surface area (TPSA) is 58.6 Å². The van der Waals surface area contributed by atoms with E-state index in [1.54, 1.807) is 30.2 Å². The summed E-state index contributed by atoms with van der Waals surface area (Å²) >= 11 is 1.35. The number of hydrogen-bond acceptors (Lipinski definition) is 4. The number of thioether (sulfide) groups is 1. The van der Waals surface area contributed by atoms with Crippen LogP contribution in [0.3, 0.4) is 0 Å². The molecule has 0 fully saturated rings. The van der Waals surface area contributed by atoms with Gasteiger partial charge < -0.3 is 15.0 Å². The number of methoxy groups -OCH3 is 1. The summed E-state index contributed by atoms with van der Waals surface area (Å²) < 4.78 is 19.2. The zero-order valence-corrected chi connectivity index (χ0v) is 20.1. The molecule has 1 atom stereocenters. The van der Waals surface area contributed by atoms with E-state index in [1.165, 1.54) is 17.8 Å². The van der Waals surface area contributed by atoms with Crippen molar-refractivity contribution >= 4 is 23.6 Å². The highest BCUT2D eigenvalue weighted by Crippen LogP contribution is 2.20. The molecule has 0 spiro atoms. The Morgan fingerprint density at radius 1 is 1.16 bits per heavy atom. The van der Waals surface area contributed by atoms with Crippen LogP contribution in [0.4, 0.5) is 4.39 Å². The van der Waals surface area contributed by atoms with E-state index < -0.39 is 6.04 Å². The molecule has 0 saturated heterocycles. The smallest absolute Gasteiger partial charge is 0.242 e. The summed E-state index contributed by atoms with van der Waals surface area (Å²) in [6, 6.07) is 13.5. The third-order valence-electron chi connectivity index (χ3n) is 5.00. The van der Waals surface area contributed by atoms with E-state index in [2.05, 4.69) is 5.32 Å². The Morgan fingerprint density at radius 3 is 2.56 bits per heavy atom. The van der Waals surface area contributed by atoms with Gasteiger partial charge in [0.1, 0.15) is 17.6 Å². The van der Waals surface area contributed by atoms with E-state index in [4.69, 9.17) is 4.74 Å². The zero-order valence-electron chi connectivity index (χ0n) is 19.3. The molecule has 2 amide bonds. The van der Waals surface area contributed by atoms with Crippen LogP contribution < -0.4 is 10.1 Å². The largest absolute Gasteiger partial charge is 0.497 e.